The minimum absolute atomic E-state index is 0.00119. The van der Waals surface area contributed by atoms with E-state index in [0.717, 1.165) is 12.8 Å². The number of nitrogens with zero attached hydrogens (tertiary/aromatic N) is 3. The van der Waals surface area contributed by atoms with Gasteiger partial charge in [0, 0.05) is 13.0 Å². The van der Waals surface area contributed by atoms with Crippen LogP contribution in [-0.4, -0.2) is 34.0 Å². The number of alkyl halides is 1. The predicted molar refractivity (Wildman–Crippen MR) is 87.0 cm³/mol. The number of rotatable bonds is 5. The van der Waals surface area contributed by atoms with E-state index in [1.54, 1.807) is 11.8 Å². The highest BCUT2D eigenvalue weighted by Gasteiger charge is 2.43. The van der Waals surface area contributed by atoms with Crippen LogP contribution >= 0.6 is 0 Å². The molecule has 1 saturated heterocycles. The summed E-state index contributed by atoms with van der Waals surface area (Å²) < 4.78 is 20.1. The van der Waals surface area contributed by atoms with Crippen LogP contribution in [0.3, 0.4) is 0 Å². The first-order valence-electron chi connectivity index (χ1n) is 8.38. The third kappa shape index (κ3) is 3.80. The van der Waals surface area contributed by atoms with Gasteiger partial charge in [-0.25, -0.2) is 4.39 Å². The van der Waals surface area contributed by atoms with E-state index in [2.05, 4.69) is 22.3 Å². The molecule has 1 aromatic heterocycles. The quantitative estimate of drug-likeness (QED) is 0.844. The first-order chi connectivity index (χ1) is 11.6. The normalized spacial score (nSPS) is 21.0. The molecule has 1 atom stereocenters. The lowest BCUT2D eigenvalue weighted by Crippen LogP contribution is -2.46. The van der Waals surface area contributed by atoms with Crippen LogP contribution in [-0.2, 0) is 16.9 Å². The lowest BCUT2D eigenvalue weighted by molar-refractivity contribution is -0.136. The molecule has 0 N–H and O–H groups in total. The van der Waals surface area contributed by atoms with E-state index in [4.69, 9.17) is 4.52 Å². The summed E-state index contributed by atoms with van der Waals surface area (Å²) in [6, 6.07) is 10.1. The fourth-order valence-corrected chi connectivity index (χ4v) is 3.12. The Morgan fingerprint density at radius 1 is 1.38 bits per heavy atom. The molecule has 1 fully saturated rings. The van der Waals surface area contributed by atoms with Crippen LogP contribution < -0.4 is 0 Å². The molecule has 1 unspecified atom stereocenters. The monoisotopic (exact) mass is 331 g/mol. The molecule has 1 aliphatic heterocycles. The molecule has 6 heteroatoms. The molecule has 2 heterocycles. The molecule has 3 rings (SSSR count). The van der Waals surface area contributed by atoms with Crippen LogP contribution in [0.5, 0.6) is 0 Å². The van der Waals surface area contributed by atoms with Crippen LogP contribution in [0.4, 0.5) is 4.39 Å². The van der Waals surface area contributed by atoms with Gasteiger partial charge < -0.3 is 9.42 Å². The van der Waals surface area contributed by atoms with Gasteiger partial charge in [0.1, 0.15) is 0 Å². The number of benzene rings is 1. The molecule has 2 aromatic rings. The van der Waals surface area contributed by atoms with E-state index in [-0.39, 0.29) is 18.3 Å². The van der Waals surface area contributed by atoms with Gasteiger partial charge in [0.2, 0.25) is 11.6 Å². The van der Waals surface area contributed by atoms with Crippen molar-refractivity contribution in [2.75, 3.05) is 13.1 Å². The summed E-state index contributed by atoms with van der Waals surface area (Å²) in [5.41, 5.74) is -0.515. The Morgan fingerprint density at radius 3 is 2.88 bits per heavy atom. The van der Waals surface area contributed by atoms with E-state index >= 15 is 4.39 Å². The Kier molecular flexibility index (Phi) is 4.92. The number of carbonyl (C=O) groups excluding carboxylic acids is 1. The Balaban J connectivity index is 1.55. The Hall–Kier alpha value is -2.24. The van der Waals surface area contributed by atoms with E-state index in [1.807, 2.05) is 18.2 Å². The summed E-state index contributed by atoms with van der Waals surface area (Å²) in [5, 5.41) is 3.66. The van der Waals surface area contributed by atoms with Crippen LogP contribution in [0.1, 0.15) is 43.0 Å². The zero-order chi connectivity index (χ0) is 17.0. The maximum absolute atomic E-state index is 15.1. The van der Waals surface area contributed by atoms with Crippen molar-refractivity contribution < 1.29 is 13.7 Å². The number of likely N-dealkylation sites (tertiary alicyclic amines) is 1. The number of carbonyl (C=O) groups is 1. The van der Waals surface area contributed by atoms with Gasteiger partial charge in [0.15, 0.2) is 5.82 Å². The van der Waals surface area contributed by atoms with Gasteiger partial charge in [-0.05, 0) is 38.2 Å². The van der Waals surface area contributed by atoms with E-state index in [1.165, 1.54) is 5.56 Å². The largest absolute Gasteiger partial charge is 0.339 e. The molecule has 0 radical (unpaired) electrons. The van der Waals surface area contributed by atoms with Crippen molar-refractivity contribution in [1.29, 1.82) is 0 Å². The average molecular weight is 331 g/mol. The second kappa shape index (κ2) is 7.11. The van der Waals surface area contributed by atoms with E-state index < -0.39 is 5.67 Å². The Labute approximate surface area is 140 Å². The number of piperidine rings is 1. The fraction of sp³-hybridized carbons (Fsp3) is 0.500. The van der Waals surface area contributed by atoms with Crippen molar-refractivity contribution in [3.05, 3.63) is 47.6 Å². The summed E-state index contributed by atoms with van der Waals surface area (Å²) >= 11 is 0. The summed E-state index contributed by atoms with van der Waals surface area (Å²) in [7, 11) is 0. The minimum atomic E-state index is -1.73. The maximum Gasteiger partial charge on any atom is 0.266 e. The number of aromatic nitrogens is 2. The van der Waals surface area contributed by atoms with E-state index in [0.29, 0.717) is 31.6 Å². The molecule has 0 bridgehead atoms. The molecule has 1 amide bonds. The lowest BCUT2D eigenvalue weighted by Gasteiger charge is -2.35. The highest BCUT2D eigenvalue weighted by molar-refractivity contribution is 5.76. The van der Waals surface area contributed by atoms with Crippen molar-refractivity contribution in [3.8, 4) is 0 Å². The van der Waals surface area contributed by atoms with Crippen LogP contribution in [0.2, 0.25) is 0 Å². The zero-order valence-electron chi connectivity index (χ0n) is 13.9. The van der Waals surface area contributed by atoms with Crippen molar-refractivity contribution in [3.63, 3.8) is 0 Å². The second-order valence-electron chi connectivity index (χ2n) is 6.37. The van der Waals surface area contributed by atoms with Crippen molar-refractivity contribution in [1.82, 2.24) is 15.0 Å². The molecule has 0 saturated carbocycles. The van der Waals surface area contributed by atoms with Crippen molar-refractivity contribution in [2.45, 2.75) is 44.7 Å². The topological polar surface area (TPSA) is 59.2 Å². The summed E-state index contributed by atoms with van der Waals surface area (Å²) in [5.74, 6) is 0.388. The van der Waals surface area contributed by atoms with Gasteiger partial charge in [-0.2, -0.15) is 4.98 Å². The van der Waals surface area contributed by atoms with Gasteiger partial charge in [0.25, 0.3) is 5.89 Å². The lowest BCUT2D eigenvalue weighted by atomic mass is 9.94. The number of aryl methyl sites for hydroxylation is 2. The van der Waals surface area contributed by atoms with Gasteiger partial charge in [-0.15, -0.1) is 0 Å². The first-order valence-corrected chi connectivity index (χ1v) is 8.38. The smallest absolute Gasteiger partial charge is 0.266 e. The molecule has 0 aliphatic carbocycles. The second-order valence-corrected chi connectivity index (χ2v) is 6.37. The van der Waals surface area contributed by atoms with Crippen LogP contribution in [0.15, 0.2) is 34.9 Å². The predicted octanol–water partition coefficient (Wildman–Crippen LogP) is 3.19. The number of amides is 1. The summed E-state index contributed by atoms with van der Waals surface area (Å²) in [6.07, 6.45) is 2.95. The van der Waals surface area contributed by atoms with Crippen LogP contribution in [0.25, 0.3) is 0 Å². The molecule has 1 aromatic carbocycles. The molecule has 5 nitrogen and oxygen atoms in total. The highest BCUT2D eigenvalue weighted by atomic mass is 19.1. The highest BCUT2D eigenvalue weighted by Crippen LogP contribution is 2.34. The van der Waals surface area contributed by atoms with Gasteiger partial charge in [0.05, 0.1) is 6.54 Å². The van der Waals surface area contributed by atoms with Crippen molar-refractivity contribution >= 4 is 5.91 Å². The Bertz CT molecular complexity index is 689. The standard InChI is InChI=1S/C18H22FN3O2/c1-14-20-17(24-21-14)18(19)11-6-12-22(13-18)16(23)10-5-9-15-7-3-2-4-8-15/h2-4,7-8H,5-6,9-13H2,1H3. The average Bonchev–Trinajstić information content (AvgIpc) is 3.03. The Morgan fingerprint density at radius 2 is 2.17 bits per heavy atom. The van der Waals surface area contributed by atoms with Gasteiger partial charge in [-0.1, -0.05) is 35.5 Å². The van der Waals surface area contributed by atoms with Gasteiger partial charge in [-0.3, -0.25) is 4.79 Å². The van der Waals surface area contributed by atoms with Crippen molar-refractivity contribution in [2.24, 2.45) is 0 Å². The molecule has 128 valence electrons. The summed E-state index contributed by atoms with van der Waals surface area (Å²) in [4.78, 5) is 18.0. The number of hydrogen-bond acceptors (Lipinski definition) is 4. The first kappa shape index (κ1) is 16.6. The molecule has 24 heavy (non-hydrogen) atoms. The zero-order valence-corrected chi connectivity index (χ0v) is 13.9. The van der Waals surface area contributed by atoms with Gasteiger partial charge >= 0.3 is 0 Å². The fourth-order valence-electron chi connectivity index (χ4n) is 3.12. The van der Waals surface area contributed by atoms with E-state index in [9.17, 15) is 4.79 Å². The third-order valence-corrected chi connectivity index (χ3v) is 4.41. The maximum atomic E-state index is 15.1. The minimum Gasteiger partial charge on any atom is -0.339 e. The molecule has 1 aliphatic rings. The number of hydrogen-bond donors (Lipinski definition) is 0. The summed E-state index contributed by atoms with van der Waals surface area (Å²) in [6.45, 7) is 2.24. The molecule has 0 spiro atoms. The molecular weight excluding hydrogens is 309 g/mol. The SMILES string of the molecule is Cc1noc(C2(F)CCCN(C(=O)CCCc3ccccc3)C2)n1. The third-order valence-electron chi connectivity index (χ3n) is 4.41. The molecular formula is C18H22FN3O2. The van der Waals surface area contributed by atoms with Crippen LogP contribution in [0, 0.1) is 6.92 Å². The number of halogens is 1.